The second-order valence-electron chi connectivity index (χ2n) is 4.99. The predicted octanol–water partition coefficient (Wildman–Crippen LogP) is 1.18. The third kappa shape index (κ3) is 6.36. The molecule has 0 saturated heterocycles. The number of anilines is 1. The molecule has 0 atom stereocenters. The van der Waals surface area contributed by atoms with Crippen LogP contribution in [0.2, 0.25) is 5.02 Å². The summed E-state index contributed by atoms with van der Waals surface area (Å²) in [5.74, 6) is -1.95. The highest BCUT2D eigenvalue weighted by atomic mass is 35.5. The third-order valence-corrected chi connectivity index (χ3v) is 2.95. The molecule has 3 N–H and O–H groups in total. The zero-order valence-corrected chi connectivity index (χ0v) is 13.5. The lowest BCUT2D eigenvalue weighted by Crippen LogP contribution is -2.38. The van der Waals surface area contributed by atoms with Gasteiger partial charge in [-0.3, -0.25) is 14.4 Å². The topological polar surface area (TPSA) is 111 Å². The van der Waals surface area contributed by atoms with Gasteiger partial charge in [0.15, 0.2) is 0 Å². The maximum absolute atomic E-state index is 11.7. The predicted molar refractivity (Wildman–Crippen MR) is 85.7 cm³/mol. The second-order valence-corrected chi connectivity index (χ2v) is 5.40. The molecule has 0 spiro atoms. The van der Waals surface area contributed by atoms with Crippen LogP contribution >= 0.6 is 11.6 Å². The third-order valence-electron chi connectivity index (χ3n) is 2.64. The Balaban J connectivity index is 2.46. The Morgan fingerprint density at radius 3 is 2.52 bits per heavy atom. The molecule has 0 aliphatic rings. The average molecular weight is 337 g/mol. The Morgan fingerprint density at radius 1 is 1.26 bits per heavy atom. The van der Waals surface area contributed by atoms with Crippen LogP contribution in [0.3, 0.4) is 0 Å². The first-order valence-electron chi connectivity index (χ1n) is 6.91. The number of hydrogen-bond donors (Lipinski definition) is 3. The van der Waals surface area contributed by atoms with Crippen molar-refractivity contribution in [3.63, 3.8) is 0 Å². The molecule has 7 nitrogen and oxygen atoms in total. The van der Waals surface area contributed by atoms with Crippen molar-refractivity contribution in [2.45, 2.75) is 26.3 Å². The summed E-state index contributed by atoms with van der Waals surface area (Å²) in [4.78, 5) is 34.7. The number of carbonyl (C=O) groups excluding carboxylic acids is 3. The van der Waals surface area contributed by atoms with Crippen LogP contribution in [0, 0.1) is 11.3 Å². The van der Waals surface area contributed by atoms with Crippen molar-refractivity contribution in [3.8, 4) is 6.07 Å². The second kappa shape index (κ2) is 8.76. The minimum Gasteiger partial charge on any atom is -0.354 e. The quantitative estimate of drug-likeness (QED) is 0.701. The minimum absolute atomic E-state index is 0.0163. The molecule has 23 heavy (non-hydrogen) atoms. The van der Waals surface area contributed by atoms with Crippen molar-refractivity contribution < 1.29 is 14.4 Å². The van der Waals surface area contributed by atoms with E-state index in [0.717, 1.165) is 0 Å². The maximum atomic E-state index is 11.7. The highest BCUT2D eigenvalue weighted by molar-refractivity contribution is 6.40. The Bertz CT molecular complexity index is 653. The van der Waals surface area contributed by atoms with E-state index >= 15 is 0 Å². The number of nitrogens with one attached hydrogen (secondary N) is 3. The van der Waals surface area contributed by atoms with Crippen molar-refractivity contribution in [1.82, 2.24) is 10.6 Å². The molecule has 0 aliphatic carbocycles. The molecular formula is C15H17ClN4O3. The Kier molecular flexibility index (Phi) is 7.03. The van der Waals surface area contributed by atoms with Gasteiger partial charge in [0.1, 0.15) is 6.07 Å². The van der Waals surface area contributed by atoms with Crippen LogP contribution in [-0.4, -0.2) is 30.3 Å². The van der Waals surface area contributed by atoms with Gasteiger partial charge in [-0.05, 0) is 32.0 Å². The molecule has 0 heterocycles. The average Bonchev–Trinajstić information content (AvgIpc) is 2.46. The molecule has 1 aromatic rings. The zero-order valence-electron chi connectivity index (χ0n) is 12.8. The molecule has 0 saturated carbocycles. The van der Waals surface area contributed by atoms with E-state index in [2.05, 4.69) is 16.0 Å². The number of nitrogens with zero attached hydrogens (tertiary/aromatic N) is 1. The van der Waals surface area contributed by atoms with E-state index in [0.29, 0.717) is 5.69 Å². The lowest BCUT2D eigenvalue weighted by Gasteiger charge is -2.09. The van der Waals surface area contributed by atoms with E-state index in [4.69, 9.17) is 16.9 Å². The molecule has 3 amide bonds. The SMILES string of the molecule is CC(C)NC(=O)CCNC(=O)C(=O)Nc1ccc(C#N)c(Cl)c1. The van der Waals surface area contributed by atoms with Crippen molar-refractivity contribution in [3.05, 3.63) is 28.8 Å². The van der Waals surface area contributed by atoms with Gasteiger partial charge < -0.3 is 16.0 Å². The van der Waals surface area contributed by atoms with Crippen LogP contribution in [0.4, 0.5) is 5.69 Å². The minimum atomic E-state index is -0.880. The summed E-state index contributed by atoms with van der Waals surface area (Å²) in [6.07, 6.45) is 0.0832. The monoisotopic (exact) mass is 336 g/mol. The van der Waals surface area contributed by atoms with Crippen molar-refractivity contribution >= 4 is 35.0 Å². The van der Waals surface area contributed by atoms with Crippen LogP contribution in [-0.2, 0) is 14.4 Å². The molecule has 122 valence electrons. The first kappa shape index (κ1) is 18.5. The molecule has 0 aliphatic heterocycles. The largest absolute Gasteiger partial charge is 0.354 e. The van der Waals surface area contributed by atoms with Gasteiger partial charge in [0.25, 0.3) is 0 Å². The van der Waals surface area contributed by atoms with Crippen molar-refractivity contribution in [2.75, 3.05) is 11.9 Å². The summed E-state index contributed by atoms with van der Waals surface area (Å²) in [7, 11) is 0. The first-order chi connectivity index (χ1) is 10.8. The van der Waals surface area contributed by atoms with Gasteiger partial charge in [-0.2, -0.15) is 5.26 Å². The van der Waals surface area contributed by atoms with E-state index in [1.165, 1.54) is 18.2 Å². The molecular weight excluding hydrogens is 320 g/mol. The number of benzene rings is 1. The standard InChI is InChI=1S/C15H17ClN4O3/c1-9(2)19-13(21)5-6-18-14(22)15(23)20-11-4-3-10(8-17)12(16)7-11/h3-4,7,9H,5-6H2,1-2H3,(H,18,22)(H,19,21)(H,20,23). The Labute approximate surface area is 139 Å². The molecule has 1 rings (SSSR count). The van der Waals surface area contributed by atoms with Gasteiger partial charge >= 0.3 is 11.8 Å². The zero-order chi connectivity index (χ0) is 17.4. The highest BCUT2D eigenvalue weighted by Crippen LogP contribution is 2.19. The van der Waals surface area contributed by atoms with Gasteiger partial charge in [-0.25, -0.2) is 0 Å². The number of rotatable bonds is 5. The van der Waals surface area contributed by atoms with Crippen LogP contribution in [0.1, 0.15) is 25.8 Å². The van der Waals surface area contributed by atoms with E-state index in [9.17, 15) is 14.4 Å². The summed E-state index contributed by atoms with van der Waals surface area (Å²) in [6.45, 7) is 3.71. The molecule has 0 radical (unpaired) electrons. The van der Waals surface area contributed by atoms with E-state index in [1.807, 2.05) is 19.9 Å². The smallest absolute Gasteiger partial charge is 0.313 e. The number of amides is 3. The van der Waals surface area contributed by atoms with E-state index in [1.54, 1.807) is 0 Å². The number of halogens is 1. The fourth-order valence-corrected chi connectivity index (χ4v) is 1.86. The molecule has 1 aromatic carbocycles. The summed E-state index contributed by atoms with van der Waals surface area (Å²) in [6, 6.07) is 6.18. The van der Waals surface area contributed by atoms with Crippen LogP contribution < -0.4 is 16.0 Å². The summed E-state index contributed by atoms with van der Waals surface area (Å²) in [5.41, 5.74) is 0.567. The van der Waals surface area contributed by atoms with Gasteiger partial charge in [-0.15, -0.1) is 0 Å². The fourth-order valence-electron chi connectivity index (χ4n) is 1.64. The highest BCUT2D eigenvalue weighted by Gasteiger charge is 2.14. The summed E-state index contributed by atoms with van der Waals surface area (Å²) >= 11 is 5.83. The number of hydrogen-bond acceptors (Lipinski definition) is 4. The Hall–Kier alpha value is -2.59. The van der Waals surface area contributed by atoms with Gasteiger partial charge in [0.2, 0.25) is 5.91 Å². The van der Waals surface area contributed by atoms with E-state index in [-0.39, 0.29) is 35.5 Å². The molecule has 0 aromatic heterocycles. The van der Waals surface area contributed by atoms with Gasteiger partial charge in [0.05, 0.1) is 10.6 Å². The molecule has 0 unspecified atom stereocenters. The van der Waals surface area contributed by atoms with Gasteiger partial charge in [0, 0.05) is 24.7 Å². The summed E-state index contributed by atoms with van der Waals surface area (Å²) in [5, 5.41) is 16.3. The lowest BCUT2D eigenvalue weighted by atomic mass is 10.2. The first-order valence-corrected chi connectivity index (χ1v) is 7.29. The van der Waals surface area contributed by atoms with Crippen LogP contribution in [0.25, 0.3) is 0 Å². The van der Waals surface area contributed by atoms with Crippen LogP contribution in [0.15, 0.2) is 18.2 Å². The lowest BCUT2D eigenvalue weighted by molar-refractivity contribution is -0.136. The van der Waals surface area contributed by atoms with Crippen molar-refractivity contribution in [2.24, 2.45) is 0 Å². The number of nitriles is 1. The van der Waals surface area contributed by atoms with Crippen LogP contribution in [0.5, 0.6) is 0 Å². The fraction of sp³-hybridized carbons (Fsp3) is 0.333. The molecule has 0 fully saturated rings. The Morgan fingerprint density at radius 2 is 1.96 bits per heavy atom. The van der Waals surface area contributed by atoms with Gasteiger partial charge in [-0.1, -0.05) is 11.6 Å². The maximum Gasteiger partial charge on any atom is 0.313 e. The normalized spacial score (nSPS) is 9.87. The molecule has 0 bridgehead atoms. The molecule has 8 heteroatoms. The number of carbonyl (C=O) groups is 3. The summed E-state index contributed by atoms with van der Waals surface area (Å²) < 4.78 is 0. The van der Waals surface area contributed by atoms with Crippen molar-refractivity contribution in [1.29, 1.82) is 5.26 Å². The van der Waals surface area contributed by atoms with E-state index < -0.39 is 11.8 Å².